The van der Waals surface area contributed by atoms with Crippen molar-refractivity contribution in [1.29, 1.82) is 0 Å². The predicted octanol–water partition coefficient (Wildman–Crippen LogP) is 1.99. The van der Waals surface area contributed by atoms with Gasteiger partial charge in [0.2, 0.25) is 5.91 Å². The molecule has 24 heavy (non-hydrogen) atoms. The van der Waals surface area contributed by atoms with Crippen LogP contribution in [0.25, 0.3) is 0 Å². The molecular formula is C15H21F3N4O2. The first-order valence-electron chi connectivity index (χ1n) is 7.67. The molecule has 2 N–H and O–H groups in total. The molecule has 1 aromatic heterocycles. The number of aromatic nitrogens is 2. The Bertz CT molecular complexity index is 638. The number of carbonyl (C=O) groups is 2. The third-order valence-corrected chi connectivity index (χ3v) is 4.09. The van der Waals surface area contributed by atoms with Crippen molar-refractivity contribution in [2.75, 3.05) is 13.1 Å². The van der Waals surface area contributed by atoms with Crippen molar-refractivity contribution in [2.24, 2.45) is 11.7 Å². The maximum absolute atomic E-state index is 13.5. The Labute approximate surface area is 137 Å². The second-order valence-electron chi connectivity index (χ2n) is 6.96. The first kappa shape index (κ1) is 18.3. The number of nitrogens with zero attached hydrogens (tertiary/aromatic N) is 3. The molecule has 0 saturated carbocycles. The van der Waals surface area contributed by atoms with Gasteiger partial charge in [0.05, 0.1) is 17.3 Å². The molecule has 2 heterocycles. The average Bonchev–Trinajstić information content (AvgIpc) is 2.91. The number of nitrogens with two attached hydrogens (primary N) is 1. The van der Waals surface area contributed by atoms with Crippen molar-refractivity contribution in [2.45, 2.75) is 45.3 Å². The zero-order chi connectivity index (χ0) is 18.3. The Hall–Kier alpha value is -2.06. The van der Waals surface area contributed by atoms with Gasteiger partial charge in [0, 0.05) is 19.0 Å². The van der Waals surface area contributed by atoms with Gasteiger partial charge in [-0.2, -0.15) is 18.3 Å². The molecule has 1 aliphatic rings. The molecule has 2 rings (SSSR count). The zero-order valence-corrected chi connectivity index (χ0v) is 13.9. The minimum absolute atomic E-state index is 0.199. The highest BCUT2D eigenvalue weighted by Crippen LogP contribution is 2.35. The highest BCUT2D eigenvalue weighted by atomic mass is 19.4. The van der Waals surface area contributed by atoms with E-state index in [2.05, 4.69) is 5.10 Å². The van der Waals surface area contributed by atoms with Gasteiger partial charge in [-0.15, -0.1) is 0 Å². The van der Waals surface area contributed by atoms with Crippen molar-refractivity contribution in [1.82, 2.24) is 14.7 Å². The number of likely N-dealkylation sites (tertiary alicyclic amines) is 1. The molecule has 0 unspecified atom stereocenters. The summed E-state index contributed by atoms with van der Waals surface area (Å²) >= 11 is 0. The van der Waals surface area contributed by atoms with E-state index in [9.17, 15) is 22.8 Å². The summed E-state index contributed by atoms with van der Waals surface area (Å²) < 4.78 is 41.3. The fourth-order valence-electron chi connectivity index (χ4n) is 2.82. The quantitative estimate of drug-likeness (QED) is 0.889. The predicted molar refractivity (Wildman–Crippen MR) is 80.0 cm³/mol. The molecule has 0 aliphatic carbocycles. The lowest BCUT2D eigenvalue weighted by atomic mass is 9.96. The van der Waals surface area contributed by atoms with Crippen LogP contribution in [0.2, 0.25) is 0 Å². The zero-order valence-electron chi connectivity index (χ0n) is 13.9. The lowest BCUT2D eigenvalue weighted by Crippen LogP contribution is -2.42. The number of primary amides is 1. The van der Waals surface area contributed by atoms with Gasteiger partial charge in [-0.05, 0) is 33.6 Å². The molecule has 0 aromatic carbocycles. The smallest absolute Gasteiger partial charge is 0.369 e. The van der Waals surface area contributed by atoms with E-state index in [1.165, 1.54) is 4.90 Å². The van der Waals surface area contributed by atoms with Crippen LogP contribution < -0.4 is 5.73 Å². The van der Waals surface area contributed by atoms with Crippen molar-refractivity contribution in [3.8, 4) is 0 Å². The molecule has 0 atom stereocenters. The summed E-state index contributed by atoms with van der Waals surface area (Å²) in [4.78, 5) is 25.0. The maximum atomic E-state index is 13.5. The molecule has 6 nitrogen and oxygen atoms in total. The van der Waals surface area contributed by atoms with Gasteiger partial charge >= 0.3 is 6.18 Å². The molecule has 9 heteroatoms. The van der Waals surface area contributed by atoms with Crippen LogP contribution in [0.5, 0.6) is 0 Å². The Balaban J connectivity index is 2.31. The van der Waals surface area contributed by atoms with Gasteiger partial charge in [0.25, 0.3) is 5.91 Å². The lowest BCUT2D eigenvalue weighted by Gasteiger charge is -2.31. The van der Waals surface area contributed by atoms with Crippen LogP contribution in [0.4, 0.5) is 13.2 Å². The molecular weight excluding hydrogens is 325 g/mol. The normalized spacial score (nSPS) is 17.2. The first-order valence-corrected chi connectivity index (χ1v) is 7.67. The summed E-state index contributed by atoms with van der Waals surface area (Å²) in [5.74, 6) is -1.51. The molecule has 0 spiro atoms. The SMILES string of the molecule is CC(C)(C)n1ncc(C(=O)N2CCC(C(N)=O)CC2)c1C(F)(F)F. The maximum Gasteiger partial charge on any atom is 0.433 e. The molecule has 1 saturated heterocycles. The number of alkyl halides is 3. The van der Waals surface area contributed by atoms with Gasteiger partial charge in [-0.3, -0.25) is 14.3 Å². The first-order chi connectivity index (χ1) is 10.9. The highest BCUT2D eigenvalue weighted by molar-refractivity contribution is 5.95. The van der Waals surface area contributed by atoms with E-state index in [0.717, 1.165) is 10.9 Å². The minimum Gasteiger partial charge on any atom is -0.369 e. The minimum atomic E-state index is -4.69. The molecule has 2 amide bonds. The van der Waals surface area contributed by atoms with Crippen molar-refractivity contribution in [3.05, 3.63) is 17.5 Å². The molecule has 0 bridgehead atoms. The van der Waals surface area contributed by atoms with Crippen molar-refractivity contribution >= 4 is 11.8 Å². The van der Waals surface area contributed by atoms with Gasteiger partial charge in [0.1, 0.15) is 0 Å². The summed E-state index contributed by atoms with van der Waals surface area (Å²) in [6, 6.07) is 0. The van der Waals surface area contributed by atoms with Crippen LogP contribution in [-0.4, -0.2) is 39.6 Å². The van der Waals surface area contributed by atoms with E-state index in [1.54, 1.807) is 20.8 Å². The fourth-order valence-corrected chi connectivity index (χ4v) is 2.82. The standard InChI is InChI=1S/C15H21F3N4O2/c1-14(2,3)22-11(15(16,17)18)10(8-20-22)13(24)21-6-4-9(5-7-21)12(19)23/h8-9H,4-7H2,1-3H3,(H2,19,23). The Kier molecular flexibility index (Phi) is 4.65. The third-order valence-electron chi connectivity index (χ3n) is 4.09. The van der Waals surface area contributed by atoms with Crippen LogP contribution >= 0.6 is 0 Å². The summed E-state index contributed by atoms with van der Waals surface area (Å²) in [6.45, 7) is 5.15. The van der Waals surface area contributed by atoms with Gasteiger partial charge in [-0.1, -0.05) is 0 Å². The summed E-state index contributed by atoms with van der Waals surface area (Å²) in [5, 5.41) is 3.79. The lowest BCUT2D eigenvalue weighted by molar-refractivity contribution is -0.146. The Morgan fingerprint density at radius 3 is 2.17 bits per heavy atom. The van der Waals surface area contributed by atoms with Gasteiger partial charge < -0.3 is 10.6 Å². The van der Waals surface area contributed by atoms with E-state index in [1.807, 2.05) is 0 Å². The summed E-state index contributed by atoms with van der Waals surface area (Å²) in [5.41, 5.74) is 2.81. The van der Waals surface area contributed by atoms with E-state index < -0.39 is 34.8 Å². The van der Waals surface area contributed by atoms with E-state index in [0.29, 0.717) is 12.8 Å². The number of amides is 2. The van der Waals surface area contributed by atoms with Crippen LogP contribution in [0, 0.1) is 5.92 Å². The molecule has 134 valence electrons. The van der Waals surface area contributed by atoms with Gasteiger partial charge in [0.15, 0.2) is 5.69 Å². The van der Waals surface area contributed by atoms with Crippen LogP contribution in [0.15, 0.2) is 6.20 Å². The van der Waals surface area contributed by atoms with E-state index in [4.69, 9.17) is 5.73 Å². The van der Waals surface area contributed by atoms with E-state index in [-0.39, 0.29) is 19.0 Å². The molecule has 1 aliphatic heterocycles. The summed E-state index contributed by atoms with van der Waals surface area (Å²) in [7, 11) is 0. The topological polar surface area (TPSA) is 81.2 Å². The fraction of sp³-hybridized carbons (Fsp3) is 0.667. The van der Waals surface area contributed by atoms with Crippen molar-refractivity contribution in [3.63, 3.8) is 0 Å². The van der Waals surface area contributed by atoms with Gasteiger partial charge in [-0.25, -0.2) is 0 Å². The number of piperidine rings is 1. The molecule has 0 radical (unpaired) electrons. The second-order valence-corrected chi connectivity index (χ2v) is 6.96. The van der Waals surface area contributed by atoms with Crippen molar-refractivity contribution < 1.29 is 22.8 Å². The van der Waals surface area contributed by atoms with Crippen LogP contribution in [0.1, 0.15) is 49.7 Å². The summed E-state index contributed by atoms with van der Waals surface area (Å²) in [6.07, 6.45) is -3.01. The third kappa shape index (κ3) is 3.54. The number of rotatable bonds is 2. The number of hydrogen-bond acceptors (Lipinski definition) is 3. The Morgan fingerprint density at radius 2 is 1.75 bits per heavy atom. The molecule has 1 fully saturated rings. The van der Waals surface area contributed by atoms with Crippen LogP contribution in [0.3, 0.4) is 0 Å². The highest BCUT2D eigenvalue weighted by Gasteiger charge is 2.43. The number of hydrogen-bond donors (Lipinski definition) is 1. The molecule has 1 aromatic rings. The monoisotopic (exact) mass is 346 g/mol. The van der Waals surface area contributed by atoms with Crippen LogP contribution in [-0.2, 0) is 16.5 Å². The largest absolute Gasteiger partial charge is 0.433 e. The number of carbonyl (C=O) groups excluding carboxylic acids is 2. The average molecular weight is 346 g/mol. The van der Waals surface area contributed by atoms with E-state index >= 15 is 0 Å². The second kappa shape index (κ2) is 6.10. The number of halogens is 3. The Morgan fingerprint density at radius 1 is 1.21 bits per heavy atom.